The first-order valence-electron chi connectivity index (χ1n) is 6.51. The molecule has 0 aliphatic heterocycles. The van der Waals surface area contributed by atoms with Crippen molar-refractivity contribution in [1.29, 1.82) is 0 Å². The average Bonchev–Trinajstić information content (AvgIpc) is 2.15. The summed E-state index contributed by atoms with van der Waals surface area (Å²) >= 11 is 0. The molecule has 0 spiro atoms. The van der Waals surface area contributed by atoms with E-state index < -0.39 is 0 Å². The van der Waals surface area contributed by atoms with Gasteiger partial charge in [0.2, 0.25) is 0 Å². The summed E-state index contributed by atoms with van der Waals surface area (Å²) in [6, 6.07) is 5.37. The van der Waals surface area contributed by atoms with Gasteiger partial charge in [-0.3, -0.25) is 4.79 Å². The molecule has 0 radical (unpaired) electrons. The minimum absolute atomic E-state index is 0.0291. The Bertz CT molecular complexity index is 462. The Morgan fingerprint density at radius 3 is 1.89 bits per heavy atom. The van der Waals surface area contributed by atoms with Crippen molar-refractivity contribution in [3.05, 3.63) is 23.8 Å². The van der Waals surface area contributed by atoms with Gasteiger partial charge in [-0.05, 0) is 66.7 Å². The van der Waals surface area contributed by atoms with E-state index in [0.29, 0.717) is 17.1 Å². The summed E-state index contributed by atoms with van der Waals surface area (Å²) in [5.41, 5.74) is -0.0754. The quantitative estimate of drug-likeness (QED) is 0.766. The van der Waals surface area contributed by atoms with Crippen molar-refractivity contribution in [2.45, 2.75) is 59.7 Å². The number of rotatable bonds is 3. The molecule has 3 nitrogen and oxygen atoms in total. The van der Waals surface area contributed by atoms with Crippen LogP contribution in [0.15, 0.2) is 18.2 Å². The number of benzene rings is 1. The third-order valence-electron chi connectivity index (χ3n) is 2.17. The van der Waals surface area contributed by atoms with Crippen LogP contribution in [0.5, 0.6) is 11.5 Å². The average molecular weight is 264 g/mol. The Hall–Kier alpha value is -1.51. The highest BCUT2D eigenvalue weighted by Crippen LogP contribution is 2.29. The van der Waals surface area contributed by atoms with Crippen LogP contribution in [-0.4, -0.2) is 17.0 Å². The fraction of sp³-hybridized carbons (Fsp3) is 0.562. The number of hydrogen-bond acceptors (Lipinski definition) is 3. The van der Waals surface area contributed by atoms with Crippen molar-refractivity contribution in [1.82, 2.24) is 0 Å². The number of carbonyl (C=O) groups excluding carboxylic acids is 1. The largest absolute Gasteiger partial charge is 0.488 e. The second-order valence-electron chi connectivity index (χ2n) is 6.64. The van der Waals surface area contributed by atoms with Gasteiger partial charge in [-0.25, -0.2) is 0 Å². The molecular weight excluding hydrogens is 240 g/mol. The van der Waals surface area contributed by atoms with E-state index in [1.165, 1.54) is 6.92 Å². The van der Waals surface area contributed by atoms with Crippen LogP contribution in [0.3, 0.4) is 0 Å². The van der Waals surface area contributed by atoms with Gasteiger partial charge < -0.3 is 9.47 Å². The molecule has 106 valence electrons. The van der Waals surface area contributed by atoms with E-state index in [1.54, 1.807) is 12.1 Å². The zero-order valence-corrected chi connectivity index (χ0v) is 13.0. The number of ketones is 1. The van der Waals surface area contributed by atoms with Crippen molar-refractivity contribution < 1.29 is 14.3 Å². The maximum absolute atomic E-state index is 11.7. The smallest absolute Gasteiger partial charge is 0.163 e. The van der Waals surface area contributed by atoms with Crippen LogP contribution in [0, 0.1) is 0 Å². The van der Waals surface area contributed by atoms with E-state index >= 15 is 0 Å². The Morgan fingerprint density at radius 2 is 1.47 bits per heavy atom. The first-order valence-corrected chi connectivity index (χ1v) is 6.51. The van der Waals surface area contributed by atoms with Crippen molar-refractivity contribution in [2.24, 2.45) is 0 Å². The van der Waals surface area contributed by atoms with Crippen LogP contribution in [0.25, 0.3) is 0 Å². The predicted molar refractivity (Wildman–Crippen MR) is 77.2 cm³/mol. The topological polar surface area (TPSA) is 35.5 Å². The molecule has 3 heteroatoms. The first kappa shape index (κ1) is 15.5. The van der Waals surface area contributed by atoms with Crippen LogP contribution in [0.4, 0.5) is 0 Å². The van der Waals surface area contributed by atoms with Crippen molar-refractivity contribution in [3.8, 4) is 11.5 Å². The predicted octanol–water partition coefficient (Wildman–Crippen LogP) is 4.24. The molecule has 0 aliphatic rings. The number of carbonyl (C=O) groups is 1. The molecule has 19 heavy (non-hydrogen) atoms. The molecule has 0 saturated carbocycles. The maximum Gasteiger partial charge on any atom is 0.163 e. The van der Waals surface area contributed by atoms with Gasteiger partial charge in [0.05, 0.1) is 5.56 Å². The highest BCUT2D eigenvalue weighted by Gasteiger charge is 2.19. The van der Waals surface area contributed by atoms with Crippen molar-refractivity contribution >= 4 is 5.78 Å². The highest BCUT2D eigenvalue weighted by molar-refractivity contribution is 5.97. The van der Waals surface area contributed by atoms with E-state index in [1.807, 2.05) is 47.6 Å². The third kappa shape index (κ3) is 5.33. The standard InChI is InChI=1S/C16H24O3/c1-11(17)13-10-12(18-15(2,3)4)8-9-14(13)19-16(5,6)7/h8-10H,1-7H3. The fourth-order valence-corrected chi connectivity index (χ4v) is 1.62. The molecule has 0 atom stereocenters. The summed E-state index contributed by atoms with van der Waals surface area (Å²) in [6.07, 6.45) is 0. The molecular formula is C16H24O3. The second-order valence-corrected chi connectivity index (χ2v) is 6.64. The SMILES string of the molecule is CC(=O)c1cc(OC(C)(C)C)ccc1OC(C)(C)C. The molecule has 0 heterocycles. The van der Waals surface area contributed by atoms with E-state index in [0.717, 1.165) is 0 Å². The first-order chi connectivity index (χ1) is 8.48. The van der Waals surface area contributed by atoms with Gasteiger partial charge >= 0.3 is 0 Å². The second kappa shape index (κ2) is 5.24. The molecule has 0 aliphatic carbocycles. The summed E-state index contributed by atoms with van der Waals surface area (Å²) in [7, 11) is 0. The molecule has 0 aromatic heterocycles. The van der Waals surface area contributed by atoms with Crippen LogP contribution < -0.4 is 9.47 Å². The molecule has 0 amide bonds. The van der Waals surface area contributed by atoms with Gasteiger partial charge in [0.25, 0.3) is 0 Å². The molecule has 0 bridgehead atoms. The molecule has 0 N–H and O–H groups in total. The molecule has 0 fully saturated rings. The van der Waals surface area contributed by atoms with Crippen molar-refractivity contribution in [3.63, 3.8) is 0 Å². The van der Waals surface area contributed by atoms with Gasteiger partial charge in [-0.2, -0.15) is 0 Å². The van der Waals surface area contributed by atoms with Crippen LogP contribution in [-0.2, 0) is 0 Å². The normalized spacial score (nSPS) is 12.2. The molecule has 1 rings (SSSR count). The van der Waals surface area contributed by atoms with Crippen LogP contribution >= 0.6 is 0 Å². The summed E-state index contributed by atoms with van der Waals surface area (Å²) in [5, 5.41) is 0. The zero-order chi connectivity index (χ0) is 14.8. The Balaban J connectivity index is 3.12. The van der Waals surface area contributed by atoms with Crippen molar-refractivity contribution in [2.75, 3.05) is 0 Å². The fourth-order valence-electron chi connectivity index (χ4n) is 1.62. The Kier molecular flexibility index (Phi) is 4.28. The lowest BCUT2D eigenvalue weighted by molar-refractivity contribution is 0.0984. The van der Waals surface area contributed by atoms with Gasteiger partial charge in [-0.1, -0.05) is 0 Å². The zero-order valence-electron chi connectivity index (χ0n) is 13.0. The molecule has 0 saturated heterocycles. The monoisotopic (exact) mass is 264 g/mol. The molecule has 0 unspecified atom stereocenters. The summed E-state index contributed by atoms with van der Waals surface area (Å²) in [4.78, 5) is 11.7. The van der Waals surface area contributed by atoms with Gasteiger partial charge in [0.1, 0.15) is 22.7 Å². The summed E-state index contributed by atoms with van der Waals surface area (Å²) in [6.45, 7) is 13.3. The van der Waals surface area contributed by atoms with Gasteiger partial charge in [0.15, 0.2) is 5.78 Å². The number of hydrogen-bond donors (Lipinski definition) is 0. The van der Waals surface area contributed by atoms with Crippen LogP contribution in [0.2, 0.25) is 0 Å². The Morgan fingerprint density at radius 1 is 0.947 bits per heavy atom. The van der Waals surface area contributed by atoms with Gasteiger partial charge in [0, 0.05) is 0 Å². The summed E-state index contributed by atoms with van der Waals surface area (Å²) < 4.78 is 11.6. The third-order valence-corrected chi connectivity index (χ3v) is 2.17. The van der Waals surface area contributed by atoms with E-state index in [4.69, 9.17) is 9.47 Å². The van der Waals surface area contributed by atoms with E-state index in [2.05, 4.69) is 0 Å². The lowest BCUT2D eigenvalue weighted by Gasteiger charge is -2.25. The minimum Gasteiger partial charge on any atom is -0.488 e. The molecule has 1 aromatic carbocycles. The van der Waals surface area contributed by atoms with E-state index in [-0.39, 0.29) is 17.0 Å². The Labute approximate surface area is 115 Å². The minimum atomic E-state index is -0.337. The van der Waals surface area contributed by atoms with Gasteiger partial charge in [-0.15, -0.1) is 0 Å². The highest BCUT2D eigenvalue weighted by atomic mass is 16.5. The van der Waals surface area contributed by atoms with E-state index in [9.17, 15) is 4.79 Å². The number of Topliss-reactive ketones (excluding diaryl/α,β-unsaturated/α-hetero) is 1. The van der Waals surface area contributed by atoms with Crippen LogP contribution in [0.1, 0.15) is 58.8 Å². The lowest BCUT2D eigenvalue weighted by atomic mass is 10.1. The number of ether oxygens (including phenoxy) is 2. The lowest BCUT2D eigenvalue weighted by Crippen LogP contribution is -2.25. The summed E-state index contributed by atoms with van der Waals surface area (Å²) in [5.74, 6) is 1.25. The molecule has 1 aromatic rings. The maximum atomic E-state index is 11.7.